The van der Waals surface area contributed by atoms with Gasteiger partial charge in [0, 0.05) is 0 Å². The summed E-state index contributed by atoms with van der Waals surface area (Å²) in [5, 5.41) is 13.5. The van der Waals surface area contributed by atoms with Gasteiger partial charge >= 0.3 is 6.18 Å². The smallest absolute Gasteiger partial charge is 0.418 e. The van der Waals surface area contributed by atoms with Crippen LogP contribution in [-0.2, 0) is 11.0 Å². The number of hydrogen-bond acceptors (Lipinski definition) is 7. The van der Waals surface area contributed by atoms with E-state index in [2.05, 4.69) is 20.8 Å². The molecule has 1 heterocycles. The van der Waals surface area contributed by atoms with Crippen molar-refractivity contribution in [3.05, 3.63) is 53.1 Å². The number of carbonyl (C=O) groups excluding carboxylic acids is 1. The van der Waals surface area contributed by atoms with E-state index in [4.69, 9.17) is 16.3 Å². The van der Waals surface area contributed by atoms with Gasteiger partial charge in [0.05, 0.1) is 34.8 Å². The first-order valence-corrected chi connectivity index (χ1v) is 10.5. The van der Waals surface area contributed by atoms with Gasteiger partial charge in [0.2, 0.25) is 11.0 Å². The molecule has 0 radical (unpaired) electrons. The van der Waals surface area contributed by atoms with Gasteiger partial charge in [-0.1, -0.05) is 52.9 Å². The van der Waals surface area contributed by atoms with Crippen LogP contribution in [0.25, 0.3) is 0 Å². The molecule has 2 N–H and O–H groups in total. The Balaban J connectivity index is 1.62. The van der Waals surface area contributed by atoms with Gasteiger partial charge in [-0.2, -0.15) is 13.2 Å². The van der Waals surface area contributed by atoms with Crippen LogP contribution in [0.5, 0.6) is 5.75 Å². The second-order valence-corrected chi connectivity index (χ2v) is 8.30. The number of anilines is 3. The third-order valence-electron chi connectivity index (χ3n) is 3.67. The standard InChI is InChI=1S/C18H14ClF3N4O2S2/c1-28-13-8-3-2-7-12(13)23-16-25-26-17(30-16)29-9-14(27)24-15-10(18(20,21)22)5-4-6-11(15)19/h2-8H,9H2,1H3,(H,23,25)(H,24,27). The van der Waals surface area contributed by atoms with Crippen LogP contribution >= 0.6 is 34.7 Å². The Morgan fingerprint density at radius 3 is 2.70 bits per heavy atom. The predicted molar refractivity (Wildman–Crippen MR) is 112 cm³/mol. The number of methoxy groups -OCH3 is 1. The fraction of sp³-hybridized carbons (Fsp3) is 0.167. The Morgan fingerprint density at radius 2 is 1.97 bits per heavy atom. The van der Waals surface area contributed by atoms with Crippen LogP contribution in [-0.4, -0.2) is 29.0 Å². The molecule has 1 amide bonds. The molecule has 0 aliphatic rings. The summed E-state index contributed by atoms with van der Waals surface area (Å²) in [4.78, 5) is 12.2. The van der Waals surface area contributed by atoms with Crippen molar-refractivity contribution in [2.45, 2.75) is 10.5 Å². The lowest BCUT2D eigenvalue weighted by molar-refractivity contribution is -0.137. The number of benzene rings is 2. The number of hydrogen-bond donors (Lipinski definition) is 2. The number of amides is 1. The van der Waals surface area contributed by atoms with Crippen molar-refractivity contribution in [1.29, 1.82) is 0 Å². The lowest BCUT2D eigenvalue weighted by Gasteiger charge is -2.14. The van der Waals surface area contributed by atoms with E-state index in [-0.39, 0.29) is 10.8 Å². The van der Waals surface area contributed by atoms with Crippen molar-refractivity contribution in [3.8, 4) is 5.75 Å². The second-order valence-electron chi connectivity index (χ2n) is 5.70. The number of rotatable bonds is 7. The van der Waals surface area contributed by atoms with Crippen molar-refractivity contribution in [2.24, 2.45) is 0 Å². The maximum Gasteiger partial charge on any atom is 0.418 e. The molecule has 30 heavy (non-hydrogen) atoms. The van der Waals surface area contributed by atoms with Gasteiger partial charge in [-0.25, -0.2) is 0 Å². The quantitative estimate of drug-likeness (QED) is 0.428. The van der Waals surface area contributed by atoms with E-state index < -0.39 is 23.3 Å². The average Bonchev–Trinajstić information content (AvgIpc) is 3.15. The zero-order chi connectivity index (χ0) is 21.7. The number of nitrogens with zero attached hydrogens (tertiary/aromatic N) is 2. The Kier molecular flexibility index (Phi) is 7.06. The summed E-state index contributed by atoms with van der Waals surface area (Å²) in [6.07, 6.45) is -4.64. The molecule has 0 aliphatic heterocycles. The van der Waals surface area contributed by atoms with E-state index in [1.165, 1.54) is 23.5 Å². The Morgan fingerprint density at radius 1 is 1.20 bits per heavy atom. The van der Waals surface area contributed by atoms with Crippen LogP contribution < -0.4 is 15.4 Å². The first-order chi connectivity index (χ1) is 14.3. The largest absolute Gasteiger partial charge is 0.495 e. The van der Waals surface area contributed by atoms with Crippen LogP contribution in [0.2, 0.25) is 5.02 Å². The third kappa shape index (κ3) is 5.55. The van der Waals surface area contributed by atoms with Gasteiger partial charge in [0.15, 0.2) is 4.34 Å². The number of ether oxygens (including phenoxy) is 1. The van der Waals surface area contributed by atoms with Crippen molar-refractivity contribution < 1.29 is 22.7 Å². The van der Waals surface area contributed by atoms with Gasteiger partial charge in [-0.15, -0.1) is 10.2 Å². The summed E-state index contributed by atoms with van der Waals surface area (Å²) >= 11 is 8.08. The van der Waals surface area contributed by atoms with Crippen molar-refractivity contribution >= 4 is 57.1 Å². The monoisotopic (exact) mass is 474 g/mol. The average molecular weight is 475 g/mol. The van der Waals surface area contributed by atoms with Crippen LogP contribution in [0.15, 0.2) is 46.8 Å². The number of halogens is 4. The SMILES string of the molecule is COc1ccccc1Nc1nnc(SCC(=O)Nc2c(Cl)cccc2C(F)(F)F)s1. The Bertz CT molecular complexity index is 1050. The minimum absolute atomic E-state index is 0.161. The molecule has 0 saturated heterocycles. The lowest BCUT2D eigenvalue weighted by Crippen LogP contribution is -2.18. The minimum atomic E-state index is -4.64. The fourth-order valence-corrected chi connectivity index (χ4v) is 4.16. The molecule has 0 atom stereocenters. The van der Waals surface area contributed by atoms with E-state index in [1.54, 1.807) is 13.2 Å². The molecule has 158 valence electrons. The summed E-state index contributed by atoms with van der Waals surface area (Å²) in [7, 11) is 1.55. The highest BCUT2D eigenvalue weighted by Gasteiger charge is 2.34. The van der Waals surface area contributed by atoms with Gasteiger partial charge in [-0.3, -0.25) is 4.79 Å². The number of para-hydroxylation sites is 3. The van der Waals surface area contributed by atoms with E-state index in [0.717, 1.165) is 17.8 Å². The lowest BCUT2D eigenvalue weighted by atomic mass is 10.1. The Hall–Kier alpha value is -2.50. The fourth-order valence-electron chi connectivity index (χ4n) is 2.37. The number of alkyl halides is 3. The second kappa shape index (κ2) is 9.54. The molecule has 3 aromatic rings. The summed E-state index contributed by atoms with van der Waals surface area (Å²) < 4.78 is 45.1. The summed E-state index contributed by atoms with van der Waals surface area (Å²) in [6.45, 7) is 0. The summed E-state index contributed by atoms with van der Waals surface area (Å²) in [6, 6.07) is 10.6. The van der Waals surface area contributed by atoms with Gasteiger partial charge in [0.1, 0.15) is 5.75 Å². The molecule has 1 aromatic heterocycles. The number of aromatic nitrogens is 2. The van der Waals surface area contributed by atoms with Gasteiger partial charge in [0.25, 0.3) is 0 Å². The molecule has 0 saturated carbocycles. The first kappa shape index (κ1) is 22.2. The zero-order valence-electron chi connectivity index (χ0n) is 15.3. The molecule has 0 bridgehead atoms. The molecule has 0 spiro atoms. The van der Waals surface area contributed by atoms with Crippen LogP contribution in [0.4, 0.5) is 29.7 Å². The first-order valence-electron chi connectivity index (χ1n) is 8.30. The molecule has 2 aromatic carbocycles. The maximum absolute atomic E-state index is 13.1. The van der Waals surface area contributed by atoms with Gasteiger partial charge < -0.3 is 15.4 Å². The molecular weight excluding hydrogens is 461 g/mol. The number of thioether (sulfide) groups is 1. The molecule has 0 aliphatic carbocycles. The number of carbonyl (C=O) groups is 1. The predicted octanol–water partition coefficient (Wildman–Crippen LogP) is 5.69. The van der Waals surface area contributed by atoms with Crippen molar-refractivity contribution in [2.75, 3.05) is 23.5 Å². The highest BCUT2D eigenvalue weighted by Crippen LogP contribution is 2.38. The van der Waals surface area contributed by atoms with Gasteiger partial charge in [-0.05, 0) is 24.3 Å². The van der Waals surface area contributed by atoms with Crippen LogP contribution in [0.3, 0.4) is 0 Å². The van der Waals surface area contributed by atoms with Crippen LogP contribution in [0, 0.1) is 0 Å². The molecule has 12 heteroatoms. The maximum atomic E-state index is 13.1. The highest BCUT2D eigenvalue weighted by atomic mass is 35.5. The molecule has 3 rings (SSSR count). The summed E-state index contributed by atoms with van der Waals surface area (Å²) in [5.41, 5.74) is -0.774. The van der Waals surface area contributed by atoms with Crippen LogP contribution in [0.1, 0.15) is 5.56 Å². The topological polar surface area (TPSA) is 76.1 Å². The summed E-state index contributed by atoms with van der Waals surface area (Å²) in [5.74, 6) is -0.180. The minimum Gasteiger partial charge on any atom is -0.495 e. The molecule has 0 unspecified atom stereocenters. The highest BCUT2D eigenvalue weighted by molar-refractivity contribution is 8.01. The number of nitrogens with one attached hydrogen (secondary N) is 2. The van der Waals surface area contributed by atoms with E-state index >= 15 is 0 Å². The van der Waals surface area contributed by atoms with E-state index in [9.17, 15) is 18.0 Å². The molecule has 0 fully saturated rings. The third-order valence-corrected chi connectivity index (χ3v) is 5.95. The van der Waals surface area contributed by atoms with Crippen molar-refractivity contribution in [3.63, 3.8) is 0 Å². The van der Waals surface area contributed by atoms with E-state index in [1.807, 2.05) is 18.2 Å². The Labute approximate surface area is 182 Å². The molecule has 6 nitrogen and oxygen atoms in total. The molecular formula is C18H14ClF3N4O2S2. The van der Waals surface area contributed by atoms with E-state index in [0.29, 0.717) is 20.9 Å². The normalized spacial score (nSPS) is 11.2. The van der Waals surface area contributed by atoms with Crippen molar-refractivity contribution in [1.82, 2.24) is 10.2 Å². The zero-order valence-corrected chi connectivity index (χ0v) is 17.7.